The summed E-state index contributed by atoms with van der Waals surface area (Å²) in [6.45, 7) is -0.0849. The Morgan fingerprint density at radius 1 is 1.38 bits per heavy atom. The summed E-state index contributed by atoms with van der Waals surface area (Å²) in [5.41, 5.74) is -0.437. The zero-order chi connectivity index (χ0) is 15.4. The smallest absolute Gasteiger partial charge is 0.354 e. The van der Waals surface area contributed by atoms with E-state index in [1.54, 1.807) is 6.07 Å². The molecule has 2 aromatic rings. The molecule has 21 heavy (non-hydrogen) atoms. The van der Waals surface area contributed by atoms with Crippen molar-refractivity contribution < 1.29 is 24.0 Å². The van der Waals surface area contributed by atoms with E-state index in [-0.39, 0.29) is 18.1 Å². The number of pyridine rings is 1. The molecule has 0 saturated heterocycles. The van der Waals surface area contributed by atoms with Gasteiger partial charge in [-0.2, -0.15) is 4.39 Å². The summed E-state index contributed by atoms with van der Waals surface area (Å²) in [6, 6.07) is 7.52. The van der Waals surface area contributed by atoms with E-state index in [0.29, 0.717) is 5.69 Å². The minimum Gasteiger partial charge on any atom is -0.487 e. The van der Waals surface area contributed by atoms with Crippen LogP contribution in [0.15, 0.2) is 36.4 Å². The molecular weight excluding hydrogens is 283 g/mol. The van der Waals surface area contributed by atoms with Crippen LogP contribution in [0.2, 0.25) is 0 Å². The van der Waals surface area contributed by atoms with E-state index in [0.717, 1.165) is 12.1 Å². The predicted molar refractivity (Wildman–Crippen MR) is 68.6 cm³/mol. The maximum Gasteiger partial charge on any atom is 0.354 e. The van der Waals surface area contributed by atoms with Crippen LogP contribution in [0.5, 0.6) is 5.75 Å². The van der Waals surface area contributed by atoms with Gasteiger partial charge in [-0.15, -0.1) is 0 Å². The predicted octanol–water partition coefficient (Wildman–Crippen LogP) is 2.41. The summed E-state index contributed by atoms with van der Waals surface area (Å²) in [5, 5.41) is 19.3. The Morgan fingerprint density at radius 3 is 2.76 bits per heavy atom. The van der Waals surface area contributed by atoms with Crippen molar-refractivity contribution in [3.8, 4) is 5.75 Å². The standard InChI is InChI=1S/C13H9FN2O5/c14-10-6-9(4-5-12(10)16(19)20)21-7-8-2-1-3-11(15-8)13(17)18/h1-6H,7H2,(H,17,18). The van der Waals surface area contributed by atoms with Crippen LogP contribution >= 0.6 is 0 Å². The van der Waals surface area contributed by atoms with Crippen molar-refractivity contribution in [3.63, 3.8) is 0 Å². The largest absolute Gasteiger partial charge is 0.487 e. The number of halogens is 1. The number of carboxylic acid groups (broad SMARTS) is 1. The van der Waals surface area contributed by atoms with Gasteiger partial charge in [-0.1, -0.05) is 6.07 Å². The zero-order valence-corrected chi connectivity index (χ0v) is 10.5. The van der Waals surface area contributed by atoms with Gasteiger partial charge in [0.15, 0.2) is 0 Å². The Bertz CT molecular complexity index is 705. The molecule has 1 heterocycles. The Labute approximate surface area is 117 Å². The van der Waals surface area contributed by atoms with Gasteiger partial charge in [0, 0.05) is 12.1 Å². The average Bonchev–Trinajstić information content (AvgIpc) is 2.45. The number of ether oxygens (including phenoxy) is 1. The molecule has 0 aliphatic rings. The van der Waals surface area contributed by atoms with E-state index in [4.69, 9.17) is 9.84 Å². The molecule has 0 amide bonds. The Morgan fingerprint density at radius 2 is 2.14 bits per heavy atom. The lowest BCUT2D eigenvalue weighted by molar-refractivity contribution is -0.387. The number of nitrogens with zero attached hydrogens (tertiary/aromatic N) is 2. The van der Waals surface area contributed by atoms with E-state index in [1.807, 2.05) is 0 Å². The highest BCUT2D eigenvalue weighted by Crippen LogP contribution is 2.22. The Balaban J connectivity index is 2.10. The summed E-state index contributed by atoms with van der Waals surface area (Å²) < 4.78 is 18.6. The van der Waals surface area contributed by atoms with Gasteiger partial charge in [0.25, 0.3) is 0 Å². The first-order valence-electron chi connectivity index (χ1n) is 5.73. The fraction of sp³-hybridized carbons (Fsp3) is 0.0769. The fourth-order valence-electron chi connectivity index (χ4n) is 1.56. The minimum absolute atomic E-state index is 0.0839. The molecule has 0 radical (unpaired) electrons. The van der Waals surface area contributed by atoms with Crippen LogP contribution in [-0.2, 0) is 6.61 Å². The van der Waals surface area contributed by atoms with Crippen LogP contribution in [-0.4, -0.2) is 21.0 Å². The third-order valence-corrected chi connectivity index (χ3v) is 2.53. The lowest BCUT2D eigenvalue weighted by atomic mass is 10.3. The normalized spacial score (nSPS) is 10.1. The van der Waals surface area contributed by atoms with Crippen molar-refractivity contribution in [1.82, 2.24) is 4.98 Å². The Hall–Kier alpha value is -3.03. The van der Waals surface area contributed by atoms with Gasteiger partial charge in [0.1, 0.15) is 18.1 Å². The monoisotopic (exact) mass is 292 g/mol. The number of aromatic nitrogens is 1. The molecule has 0 spiro atoms. The zero-order valence-electron chi connectivity index (χ0n) is 10.5. The first-order valence-corrected chi connectivity index (χ1v) is 5.73. The number of nitro groups is 1. The molecule has 7 nitrogen and oxygen atoms in total. The van der Waals surface area contributed by atoms with Crippen LogP contribution < -0.4 is 4.74 Å². The molecule has 0 atom stereocenters. The van der Waals surface area contributed by atoms with Crippen molar-refractivity contribution >= 4 is 11.7 Å². The first-order chi connectivity index (χ1) is 9.97. The summed E-state index contributed by atoms with van der Waals surface area (Å²) in [6.07, 6.45) is 0. The van der Waals surface area contributed by atoms with E-state index >= 15 is 0 Å². The lowest BCUT2D eigenvalue weighted by Gasteiger charge is -2.06. The highest BCUT2D eigenvalue weighted by molar-refractivity contribution is 5.85. The van der Waals surface area contributed by atoms with E-state index < -0.39 is 22.4 Å². The molecule has 8 heteroatoms. The fourth-order valence-corrected chi connectivity index (χ4v) is 1.56. The average molecular weight is 292 g/mol. The molecule has 1 N–H and O–H groups in total. The number of carbonyl (C=O) groups is 1. The molecule has 108 valence electrons. The number of aromatic carboxylic acids is 1. The molecule has 0 unspecified atom stereocenters. The third kappa shape index (κ3) is 3.50. The molecule has 2 rings (SSSR count). The van der Waals surface area contributed by atoms with Crippen molar-refractivity contribution in [2.45, 2.75) is 6.61 Å². The second-order valence-electron chi connectivity index (χ2n) is 3.98. The van der Waals surface area contributed by atoms with Crippen molar-refractivity contribution in [1.29, 1.82) is 0 Å². The van der Waals surface area contributed by atoms with Crippen LogP contribution in [0, 0.1) is 15.9 Å². The van der Waals surface area contributed by atoms with Crippen LogP contribution in [0.4, 0.5) is 10.1 Å². The van der Waals surface area contributed by atoms with Gasteiger partial charge < -0.3 is 9.84 Å². The van der Waals surface area contributed by atoms with Crippen LogP contribution in [0.25, 0.3) is 0 Å². The molecule has 1 aromatic heterocycles. The van der Waals surface area contributed by atoms with Crippen molar-refractivity contribution in [2.24, 2.45) is 0 Å². The number of carboxylic acids is 1. The molecular formula is C13H9FN2O5. The van der Waals surface area contributed by atoms with Gasteiger partial charge in [0.2, 0.25) is 5.82 Å². The van der Waals surface area contributed by atoms with E-state index in [1.165, 1.54) is 18.2 Å². The van der Waals surface area contributed by atoms with E-state index in [9.17, 15) is 19.3 Å². The third-order valence-electron chi connectivity index (χ3n) is 2.53. The van der Waals surface area contributed by atoms with Gasteiger partial charge in [-0.25, -0.2) is 9.78 Å². The molecule has 0 saturated carbocycles. The lowest BCUT2D eigenvalue weighted by Crippen LogP contribution is -2.05. The second-order valence-corrected chi connectivity index (χ2v) is 3.98. The molecule has 1 aromatic carbocycles. The summed E-state index contributed by atoms with van der Waals surface area (Å²) in [4.78, 5) is 24.2. The van der Waals surface area contributed by atoms with Gasteiger partial charge in [-0.05, 0) is 18.2 Å². The first kappa shape index (κ1) is 14.4. The highest BCUT2D eigenvalue weighted by atomic mass is 19.1. The van der Waals surface area contributed by atoms with E-state index in [2.05, 4.69) is 4.98 Å². The minimum atomic E-state index is -1.17. The second kappa shape index (κ2) is 5.95. The molecule has 0 fully saturated rings. The van der Waals surface area contributed by atoms with Crippen molar-refractivity contribution in [2.75, 3.05) is 0 Å². The summed E-state index contributed by atoms with van der Waals surface area (Å²) >= 11 is 0. The maximum atomic E-state index is 13.4. The number of nitro benzene ring substituents is 1. The van der Waals surface area contributed by atoms with Crippen molar-refractivity contribution in [3.05, 3.63) is 63.7 Å². The topological polar surface area (TPSA) is 103 Å². The molecule has 0 bridgehead atoms. The van der Waals surface area contributed by atoms with Gasteiger partial charge in [-0.3, -0.25) is 10.1 Å². The summed E-state index contributed by atoms with van der Waals surface area (Å²) in [5.74, 6) is -2.09. The maximum absolute atomic E-state index is 13.4. The number of rotatable bonds is 5. The highest BCUT2D eigenvalue weighted by Gasteiger charge is 2.14. The van der Waals surface area contributed by atoms with Gasteiger partial charge >= 0.3 is 11.7 Å². The molecule has 0 aliphatic carbocycles. The van der Waals surface area contributed by atoms with Crippen LogP contribution in [0.1, 0.15) is 16.2 Å². The summed E-state index contributed by atoms with van der Waals surface area (Å²) in [7, 11) is 0. The van der Waals surface area contributed by atoms with Crippen LogP contribution in [0.3, 0.4) is 0 Å². The Kier molecular flexibility index (Phi) is 4.07. The SMILES string of the molecule is O=C(O)c1cccc(COc2ccc([N+](=O)[O-])c(F)c2)n1. The quantitative estimate of drug-likeness (QED) is 0.670. The number of hydrogen-bond acceptors (Lipinski definition) is 5. The number of hydrogen-bond donors (Lipinski definition) is 1. The number of benzene rings is 1. The van der Waals surface area contributed by atoms with Gasteiger partial charge in [0.05, 0.1) is 10.6 Å². The molecule has 0 aliphatic heterocycles.